The number of benzene rings is 2. The van der Waals surface area contributed by atoms with Gasteiger partial charge in [-0.2, -0.15) is 0 Å². The Kier molecular flexibility index (Phi) is 7.91. The largest absolute Gasteiger partial charge is 0.482 e. The molecule has 2 aromatic heterocycles. The van der Waals surface area contributed by atoms with Crippen LogP contribution < -0.4 is 14.4 Å². The maximum Gasteiger partial charge on any atom is 0.265 e. The first kappa shape index (κ1) is 26.9. The molecule has 0 bridgehead atoms. The van der Waals surface area contributed by atoms with E-state index in [0.717, 1.165) is 55.0 Å². The highest BCUT2D eigenvalue weighted by Gasteiger charge is 2.26. The molecule has 8 heteroatoms. The minimum absolute atomic E-state index is 0.0376. The highest BCUT2D eigenvalue weighted by Crippen LogP contribution is 2.35. The predicted molar refractivity (Wildman–Crippen MR) is 158 cm³/mol. The molecule has 0 aliphatic carbocycles. The fraction of sp³-hybridized carbons (Fsp3) is 0.303. The van der Waals surface area contributed by atoms with Crippen molar-refractivity contribution in [2.24, 2.45) is 5.92 Å². The number of aromatic nitrogens is 2. The van der Waals surface area contributed by atoms with E-state index in [1.54, 1.807) is 13.2 Å². The van der Waals surface area contributed by atoms with Crippen molar-refractivity contribution in [3.63, 3.8) is 0 Å². The number of likely N-dealkylation sites (tertiary alicyclic amines) is 1. The molecule has 1 saturated heterocycles. The molecule has 0 spiro atoms. The summed E-state index contributed by atoms with van der Waals surface area (Å²) in [5.41, 5.74) is 4.77. The van der Waals surface area contributed by atoms with Crippen LogP contribution in [0.1, 0.15) is 29.5 Å². The maximum atomic E-state index is 14.7. The molecule has 2 aromatic carbocycles. The molecule has 0 atom stereocenters. The summed E-state index contributed by atoms with van der Waals surface area (Å²) < 4.78 is 25.6. The number of hydrogen-bond acceptors (Lipinski definition) is 6. The minimum atomic E-state index is -0.324. The van der Waals surface area contributed by atoms with Gasteiger partial charge in [0.2, 0.25) is 5.88 Å². The SMILES string of the molecule is COc1ccc2ncc(F)c(CCN3CCC(C=Cc4ccc5c(c4)N(Cc4ccccc4)C(=O)CO5)CC3)c2n1. The first-order valence-corrected chi connectivity index (χ1v) is 14.1. The fourth-order valence-electron chi connectivity index (χ4n) is 5.58. The molecule has 1 fully saturated rings. The number of pyridine rings is 2. The van der Waals surface area contributed by atoms with Crippen LogP contribution in [0.4, 0.5) is 10.1 Å². The van der Waals surface area contributed by atoms with Crippen molar-refractivity contribution in [3.05, 3.63) is 95.4 Å². The van der Waals surface area contributed by atoms with Crippen LogP contribution in [-0.4, -0.2) is 54.1 Å². The highest BCUT2D eigenvalue weighted by atomic mass is 19.1. The Morgan fingerprint density at radius 1 is 1.10 bits per heavy atom. The number of methoxy groups -OCH3 is 1. The van der Waals surface area contributed by atoms with Gasteiger partial charge < -0.3 is 19.3 Å². The van der Waals surface area contributed by atoms with Crippen molar-refractivity contribution in [3.8, 4) is 11.6 Å². The van der Waals surface area contributed by atoms with Crippen LogP contribution in [0.25, 0.3) is 17.1 Å². The number of ether oxygens (including phenoxy) is 2. The Bertz CT molecular complexity index is 1570. The molecule has 210 valence electrons. The number of amides is 1. The summed E-state index contributed by atoms with van der Waals surface area (Å²) in [6.45, 7) is 3.25. The molecule has 7 nitrogen and oxygen atoms in total. The molecule has 0 saturated carbocycles. The van der Waals surface area contributed by atoms with E-state index in [2.05, 4.69) is 27.0 Å². The molecule has 41 heavy (non-hydrogen) atoms. The van der Waals surface area contributed by atoms with E-state index in [1.165, 1.54) is 6.20 Å². The Morgan fingerprint density at radius 3 is 2.73 bits per heavy atom. The van der Waals surface area contributed by atoms with Crippen LogP contribution in [0, 0.1) is 11.7 Å². The third-order valence-corrected chi connectivity index (χ3v) is 7.93. The average Bonchev–Trinajstić information content (AvgIpc) is 3.01. The van der Waals surface area contributed by atoms with Gasteiger partial charge in [0.1, 0.15) is 11.6 Å². The first-order chi connectivity index (χ1) is 20.1. The number of nitrogens with zero attached hydrogens (tertiary/aromatic N) is 4. The van der Waals surface area contributed by atoms with Crippen molar-refractivity contribution >= 4 is 28.7 Å². The zero-order valence-corrected chi connectivity index (χ0v) is 23.1. The number of hydrogen-bond donors (Lipinski definition) is 0. The Labute approximate surface area is 239 Å². The van der Waals surface area contributed by atoms with Gasteiger partial charge in [0.25, 0.3) is 5.91 Å². The zero-order chi connectivity index (χ0) is 28.2. The number of rotatable bonds is 8. The lowest BCUT2D eigenvalue weighted by Gasteiger charge is -2.31. The van der Waals surface area contributed by atoms with Gasteiger partial charge in [-0.05, 0) is 67.6 Å². The lowest BCUT2D eigenvalue weighted by atomic mass is 9.95. The Morgan fingerprint density at radius 2 is 1.93 bits per heavy atom. The van der Waals surface area contributed by atoms with Crippen LogP contribution >= 0.6 is 0 Å². The summed E-state index contributed by atoms with van der Waals surface area (Å²) in [5.74, 6) is 1.30. The van der Waals surface area contributed by atoms with Crippen molar-refractivity contribution in [2.75, 3.05) is 38.3 Å². The zero-order valence-electron chi connectivity index (χ0n) is 23.1. The van der Waals surface area contributed by atoms with E-state index < -0.39 is 0 Å². The number of carbonyl (C=O) groups excluding carboxylic acids is 1. The highest BCUT2D eigenvalue weighted by molar-refractivity contribution is 5.98. The van der Waals surface area contributed by atoms with Gasteiger partial charge in [0, 0.05) is 18.2 Å². The summed E-state index contributed by atoms with van der Waals surface area (Å²) in [4.78, 5) is 25.5. The van der Waals surface area contributed by atoms with Gasteiger partial charge in [-0.25, -0.2) is 9.37 Å². The summed E-state index contributed by atoms with van der Waals surface area (Å²) in [6, 6.07) is 19.6. The van der Waals surface area contributed by atoms with Gasteiger partial charge in [0.05, 0.1) is 36.6 Å². The van der Waals surface area contributed by atoms with Crippen LogP contribution in [0.5, 0.6) is 11.6 Å². The van der Waals surface area contributed by atoms with Crippen LogP contribution in [-0.2, 0) is 17.8 Å². The van der Waals surface area contributed by atoms with Gasteiger partial charge in [0.15, 0.2) is 6.61 Å². The fourth-order valence-corrected chi connectivity index (χ4v) is 5.58. The average molecular weight is 553 g/mol. The van der Waals surface area contributed by atoms with E-state index in [0.29, 0.717) is 41.4 Å². The van der Waals surface area contributed by atoms with E-state index in [-0.39, 0.29) is 18.3 Å². The Balaban J connectivity index is 1.07. The van der Waals surface area contributed by atoms with Crippen molar-refractivity contribution in [1.82, 2.24) is 14.9 Å². The van der Waals surface area contributed by atoms with Crippen LogP contribution in [0.2, 0.25) is 0 Å². The number of anilines is 1. The number of fused-ring (bicyclic) bond motifs is 2. The summed E-state index contributed by atoms with van der Waals surface area (Å²) in [6.07, 6.45) is 8.35. The molecule has 4 heterocycles. The molecular formula is C33H33FN4O3. The smallest absolute Gasteiger partial charge is 0.265 e. The van der Waals surface area contributed by atoms with Crippen LogP contribution in [0.3, 0.4) is 0 Å². The third-order valence-electron chi connectivity index (χ3n) is 7.93. The van der Waals surface area contributed by atoms with Crippen LogP contribution in [0.15, 0.2) is 72.9 Å². The summed E-state index contributed by atoms with van der Waals surface area (Å²) in [7, 11) is 1.56. The van der Waals surface area contributed by atoms with Gasteiger partial charge in [-0.1, -0.05) is 48.6 Å². The second-order valence-corrected chi connectivity index (χ2v) is 10.6. The van der Waals surface area contributed by atoms with Gasteiger partial charge in [-0.3, -0.25) is 9.78 Å². The molecule has 2 aliphatic heterocycles. The topological polar surface area (TPSA) is 67.8 Å². The predicted octanol–water partition coefficient (Wildman–Crippen LogP) is 5.67. The quantitative estimate of drug-likeness (QED) is 0.281. The Hall–Kier alpha value is -4.30. The third kappa shape index (κ3) is 6.07. The standard InChI is InChI=1S/C33H33FN4O3/c1-40-31-12-10-28-33(36-31)26(27(34)20-35-28)15-18-37-16-13-23(14-17-37)7-8-24-9-11-30-29(19-24)38(32(39)22-41-30)21-25-5-3-2-4-6-25/h2-12,19-20,23H,13-18,21-22H2,1H3. The second kappa shape index (κ2) is 12.1. The van der Waals surface area contributed by atoms with Crippen molar-refractivity contribution in [1.29, 1.82) is 0 Å². The number of halogens is 1. The molecule has 6 rings (SSSR count). The lowest BCUT2D eigenvalue weighted by molar-refractivity contribution is -0.121. The normalized spacial score (nSPS) is 16.2. The molecule has 0 unspecified atom stereocenters. The minimum Gasteiger partial charge on any atom is -0.482 e. The molecular weight excluding hydrogens is 519 g/mol. The van der Waals surface area contributed by atoms with E-state index in [9.17, 15) is 9.18 Å². The number of piperidine rings is 1. The first-order valence-electron chi connectivity index (χ1n) is 14.1. The summed E-state index contributed by atoms with van der Waals surface area (Å²) in [5, 5.41) is 0. The molecule has 0 N–H and O–H groups in total. The summed E-state index contributed by atoms with van der Waals surface area (Å²) >= 11 is 0. The van der Waals surface area contributed by atoms with Gasteiger partial charge >= 0.3 is 0 Å². The second-order valence-electron chi connectivity index (χ2n) is 10.6. The molecule has 0 radical (unpaired) electrons. The molecule has 1 amide bonds. The molecule has 4 aromatic rings. The van der Waals surface area contributed by atoms with E-state index >= 15 is 0 Å². The van der Waals surface area contributed by atoms with E-state index in [1.807, 2.05) is 59.5 Å². The van der Waals surface area contributed by atoms with Crippen molar-refractivity contribution in [2.45, 2.75) is 25.8 Å². The lowest BCUT2D eigenvalue weighted by Crippen LogP contribution is -2.38. The number of carbonyl (C=O) groups is 1. The number of allylic oxidation sites excluding steroid dienone is 1. The maximum absolute atomic E-state index is 14.7. The monoisotopic (exact) mass is 552 g/mol. The van der Waals surface area contributed by atoms with Gasteiger partial charge in [-0.15, -0.1) is 0 Å². The molecule has 2 aliphatic rings. The van der Waals surface area contributed by atoms with Crippen molar-refractivity contribution < 1.29 is 18.7 Å². The van der Waals surface area contributed by atoms with E-state index in [4.69, 9.17) is 9.47 Å².